The second kappa shape index (κ2) is 57.5. The smallest absolute Gasteiger partial charge is 0.306 e. The van der Waals surface area contributed by atoms with Crippen molar-refractivity contribution >= 4 is 11.9 Å². The summed E-state index contributed by atoms with van der Waals surface area (Å²) < 4.78 is 17.6. The van der Waals surface area contributed by atoms with Crippen LogP contribution in [0.1, 0.15) is 297 Å². The maximum Gasteiger partial charge on any atom is 0.306 e. The van der Waals surface area contributed by atoms with E-state index in [1.54, 1.807) is 6.08 Å². The van der Waals surface area contributed by atoms with Gasteiger partial charge in [-0.25, -0.2) is 0 Å². The number of carbonyl (C=O) groups excluding carboxylic acids is 2. The zero-order valence-corrected chi connectivity index (χ0v) is 52.1. The number of hydrogen-bond donors (Lipinski definition) is 6. The molecule has 1 aliphatic heterocycles. The molecule has 11 nitrogen and oxygen atoms in total. The first-order valence-corrected chi connectivity index (χ1v) is 33.7. The van der Waals surface area contributed by atoms with Crippen molar-refractivity contribution in [1.82, 2.24) is 5.32 Å². The van der Waals surface area contributed by atoms with Crippen molar-refractivity contribution < 1.29 is 49.3 Å². The molecule has 0 aromatic rings. The maximum absolute atomic E-state index is 13.5. The van der Waals surface area contributed by atoms with E-state index in [1.807, 2.05) is 6.08 Å². The summed E-state index contributed by atoms with van der Waals surface area (Å²) in [7, 11) is 0. The molecule has 8 unspecified atom stereocenters. The molecule has 0 aliphatic carbocycles. The number of hydrogen-bond acceptors (Lipinski definition) is 10. The largest absolute Gasteiger partial charge is 0.454 e. The van der Waals surface area contributed by atoms with E-state index in [2.05, 4.69) is 86.8 Å². The molecule has 0 bridgehead atoms. The number of unbranched alkanes of at least 4 members (excludes halogenated alkanes) is 33. The van der Waals surface area contributed by atoms with E-state index in [-0.39, 0.29) is 19.4 Å². The van der Waals surface area contributed by atoms with E-state index >= 15 is 0 Å². The predicted octanol–water partition coefficient (Wildman–Crippen LogP) is 16.7. The van der Waals surface area contributed by atoms with Gasteiger partial charge in [-0.3, -0.25) is 9.59 Å². The van der Waals surface area contributed by atoms with Crippen LogP contribution in [0.25, 0.3) is 0 Å². The fraction of sp³-hybridized carbons (Fsp3) is 0.800. The first-order valence-electron chi connectivity index (χ1n) is 33.7. The van der Waals surface area contributed by atoms with Gasteiger partial charge in [-0.05, 0) is 96.3 Å². The van der Waals surface area contributed by atoms with Crippen LogP contribution in [0.4, 0.5) is 0 Å². The molecule has 81 heavy (non-hydrogen) atoms. The highest BCUT2D eigenvalue weighted by Gasteiger charge is 2.47. The summed E-state index contributed by atoms with van der Waals surface area (Å²) in [6.07, 6.45) is 63.6. The van der Waals surface area contributed by atoms with Gasteiger partial charge in [-0.1, -0.05) is 267 Å². The zero-order valence-electron chi connectivity index (χ0n) is 52.1. The Balaban J connectivity index is 2.61. The van der Waals surface area contributed by atoms with E-state index in [1.165, 1.54) is 154 Å². The molecule has 0 radical (unpaired) electrons. The van der Waals surface area contributed by atoms with Gasteiger partial charge in [0.15, 0.2) is 12.4 Å². The van der Waals surface area contributed by atoms with Crippen molar-refractivity contribution in [2.24, 2.45) is 0 Å². The van der Waals surface area contributed by atoms with E-state index in [9.17, 15) is 35.1 Å². The SMILES string of the molecule is CCCCC/C=C\C/C=C\C/C=C\C/C=C\CCCCCCCCCCC(O)C(=O)NC(COC1OC(CO)C(O)C(O)C1OC(=O)CCCCCCCCC/C=C/CCCCCCCC)C(O)/C=C/CCCCCCCCCCC. The molecule has 0 aromatic carbocycles. The number of carbonyl (C=O) groups is 2. The molecule has 0 saturated carbocycles. The van der Waals surface area contributed by atoms with Gasteiger partial charge in [0, 0.05) is 6.42 Å². The average molecular weight is 1140 g/mol. The quantitative estimate of drug-likeness (QED) is 0.0195. The number of nitrogens with one attached hydrogen (secondary N) is 1. The van der Waals surface area contributed by atoms with Gasteiger partial charge in [0.1, 0.15) is 24.4 Å². The van der Waals surface area contributed by atoms with Gasteiger partial charge in [0.05, 0.1) is 25.4 Å². The van der Waals surface area contributed by atoms with E-state index in [0.717, 1.165) is 96.3 Å². The van der Waals surface area contributed by atoms with Crippen molar-refractivity contribution in [2.75, 3.05) is 13.2 Å². The molecule has 1 heterocycles. The van der Waals surface area contributed by atoms with Crippen molar-refractivity contribution in [3.63, 3.8) is 0 Å². The zero-order chi connectivity index (χ0) is 58.9. The third kappa shape index (κ3) is 45.2. The van der Waals surface area contributed by atoms with Crippen LogP contribution in [0.15, 0.2) is 72.9 Å². The minimum absolute atomic E-state index is 0.117. The lowest BCUT2D eigenvalue weighted by Gasteiger charge is -2.41. The van der Waals surface area contributed by atoms with Gasteiger partial charge in [-0.2, -0.15) is 0 Å². The monoisotopic (exact) mass is 1140 g/mol. The summed E-state index contributed by atoms with van der Waals surface area (Å²) in [6.45, 7) is 5.76. The molecule has 8 atom stereocenters. The third-order valence-corrected chi connectivity index (χ3v) is 15.6. The van der Waals surface area contributed by atoms with Crippen molar-refractivity contribution in [2.45, 2.75) is 346 Å². The Morgan fingerprint density at radius 2 is 0.852 bits per heavy atom. The number of allylic oxidation sites excluding steroid dienone is 11. The predicted molar refractivity (Wildman–Crippen MR) is 338 cm³/mol. The van der Waals surface area contributed by atoms with Crippen LogP contribution in [0.5, 0.6) is 0 Å². The molecule has 6 N–H and O–H groups in total. The normalized spacial score (nSPS) is 19.1. The molecule has 11 heteroatoms. The second-order valence-electron chi connectivity index (χ2n) is 23.2. The molecule has 470 valence electrons. The third-order valence-electron chi connectivity index (χ3n) is 15.6. The fourth-order valence-corrected chi connectivity index (χ4v) is 10.2. The highest BCUT2D eigenvalue weighted by molar-refractivity contribution is 5.80. The lowest BCUT2D eigenvalue weighted by Crippen LogP contribution is -2.61. The Morgan fingerprint density at radius 3 is 1.31 bits per heavy atom. The molecule has 1 rings (SSSR count). The van der Waals surface area contributed by atoms with Crippen LogP contribution < -0.4 is 5.32 Å². The Labute approximate surface area is 496 Å². The van der Waals surface area contributed by atoms with Crippen LogP contribution in [0.2, 0.25) is 0 Å². The standard InChI is InChI=1S/C70H125NO10/c1-4-7-10-13-16-19-22-24-26-28-29-30-31-32-33-34-36-37-39-42-45-48-51-54-57-63(74)69(78)71-61(62(73)56-53-50-47-44-41-21-18-15-12-9-6-3)60-79-70-68(67(77)66(76)64(59-72)80-70)81-65(75)58-55-52-49-46-43-40-38-35-27-25-23-20-17-14-11-8-5-2/h16,19,24-27,29-30,32-33,53,56,61-64,66-68,70,72-74,76-77H,4-15,17-18,20-23,28,31,34-52,54-55,57-60H2,1-3H3,(H,71,78)/b19-16-,26-24-,27-25+,30-29-,33-32-,56-53+. The molecule has 0 spiro atoms. The molecule has 1 fully saturated rings. The number of aliphatic hydroxyl groups excluding tert-OH is 5. The minimum atomic E-state index is -1.62. The van der Waals surface area contributed by atoms with Gasteiger partial charge in [0.25, 0.3) is 0 Å². The summed E-state index contributed by atoms with van der Waals surface area (Å²) in [5.41, 5.74) is 0. The topological polar surface area (TPSA) is 175 Å². The minimum Gasteiger partial charge on any atom is -0.454 e. The summed E-state index contributed by atoms with van der Waals surface area (Å²) in [6, 6.07) is -1.03. The highest BCUT2D eigenvalue weighted by Crippen LogP contribution is 2.26. The number of rotatable bonds is 57. The number of ether oxygens (including phenoxy) is 3. The molecule has 1 saturated heterocycles. The summed E-state index contributed by atoms with van der Waals surface area (Å²) in [5, 5.41) is 57.1. The lowest BCUT2D eigenvalue weighted by molar-refractivity contribution is -0.305. The van der Waals surface area contributed by atoms with Crippen LogP contribution >= 0.6 is 0 Å². The van der Waals surface area contributed by atoms with Crippen LogP contribution in [-0.4, -0.2) is 99.6 Å². The molecular weight excluding hydrogens is 1010 g/mol. The van der Waals surface area contributed by atoms with Crippen molar-refractivity contribution in [3.05, 3.63) is 72.9 Å². The molecule has 1 aliphatic rings. The first kappa shape index (κ1) is 76.1. The van der Waals surface area contributed by atoms with Gasteiger partial charge in [-0.15, -0.1) is 0 Å². The number of aliphatic hydroxyl groups is 5. The van der Waals surface area contributed by atoms with Gasteiger partial charge in [0.2, 0.25) is 5.91 Å². The second-order valence-corrected chi connectivity index (χ2v) is 23.2. The molecule has 1 amide bonds. The summed E-state index contributed by atoms with van der Waals surface area (Å²) in [4.78, 5) is 26.6. The van der Waals surface area contributed by atoms with Gasteiger partial charge >= 0.3 is 5.97 Å². The first-order chi connectivity index (χ1) is 39.7. The Kier molecular flexibility index (Phi) is 54.1. The Morgan fingerprint density at radius 1 is 0.481 bits per heavy atom. The number of esters is 1. The van der Waals surface area contributed by atoms with E-state index in [0.29, 0.717) is 12.8 Å². The highest BCUT2D eigenvalue weighted by atomic mass is 16.7. The molecular formula is C70H125NO10. The van der Waals surface area contributed by atoms with Crippen molar-refractivity contribution in [3.8, 4) is 0 Å². The lowest BCUT2D eigenvalue weighted by atomic mass is 9.99. The Hall–Kier alpha value is -2.90. The average Bonchev–Trinajstić information content (AvgIpc) is 3.50. The Bertz CT molecular complexity index is 1590. The van der Waals surface area contributed by atoms with Crippen LogP contribution in [0.3, 0.4) is 0 Å². The van der Waals surface area contributed by atoms with Crippen LogP contribution in [-0.2, 0) is 23.8 Å². The summed E-state index contributed by atoms with van der Waals surface area (Å²) in [5.74, 6) is -1.20. The molecule has 0 aromatic heterocycles. The fourth-order valence-electron chi connectivity index (χ4n) is 10.2. The van der Waals surface area contributed by atoms with Crippen molar-refractivity contribution in [1.29, 1.82) is 0 Å². The summed E-state index contributed by atoms with van der Waals surface area (Å²) >= 11 is 0. The maximum atomic E-state index is 13.5. The van der Waals surface area contributed by atoms with E-state index < -0.39 is 67.4 Å². The number of amides is 1. The van der Waals surface area contributed by atoms with Gasteiger partial charge < -0.3 is 45.1 Å². The van der Waals surface area contributed by atoms with E-state index in [4.69, 9.17) is 14.2 Å². The van der Waals surface area contributed by atoms with Crippen LogP contribution in [0, 0.1) is 0 Å².